The van der Waals surface area contributed by atoms with Crippen molar-refractivity contribution in [1.29, 1.82) is 0 Å². The molecule has 2 atom stereocenters. The van der Waals surface area contributed by atoms with Crippen LogP contribution in [0.4, 0.5) is 5.69 Å². The molecule has 9 heteroatoms. The number of carboxylic acids is 1. The van der Waals surface area contributed by atoms with Gasteiger partial charge in [0, 0.05) is 31.1 Å². The third-order valence-electron chi connectivity index (χ3n) is 8.44. The van der Waals surface area contributed by atoms with Crippen molar-refractivity contribution in [3.8, 4) is 5.75 Å². The number of carbonyl (C=O) groups is 1. The van der Waals surface area contributed by atoms with Gasteiger partial charge in [0.2, 0.25) is 0 Å². The summed E-state index contributed by atoms with van der Waals surface area (Å²) in [5.41, 5.74) is 1.70. The maximum absolute atomic E-state index is 14.0. The second-order valence-electron chi connectivity index (χ2n) is 11.9. The van der Waals surface area contributed by atoms with Gasteiger partial charge in [0.25, 0.3) is 0 Å². The van der Waals surface area contributed by atoms with Crippen LogP contribution in [0, 0.1) is 5.41 Å². The molecule has 3 rings (SSSR count). The Kier molecular flexibility index (Phi) is 12.7. The lowest BCUT2D eigenvalue weighted by molar-refractivity contribution is -0.135. The molecule has 0 radical (unpaired) electrons. The van der Waals surface area contributed by atoms with Crippen molar-refractivity contribution in [3.05, 3.63) is 53.6 Å². The van der Waals surface area contributed by atoms with Crippen molar-refractivity contribution >= 4 is 21.5 Å². The van der Waals surface area contributed by atoms with Crippen molar-refractivity contribution in [3.63, 3.8) is 0 Å². The minimum atomic E-state index is -3.64. The summed E-state index contributed by atoms with van der Waals surface area (Å²) in [5.74, 6) is -0.657. The van der Waals surface area contributed by atoms with Crippen molar-refractivity contribution in [2.75, 3.05) is 44.4 Å². The van der Waals surface area contributed by atoms with Gasteiger partial charge in [-0.05, 0) is 80.1 Å². The SMILES string of the molecule is CCCCC1(CCCC)CS(=O)(=O)c2ccc(N(C)C)cc2[C@@H](c2ccc(OCCCCCNCC(=O)O)cc2)[C@H]1O. The molecule has 0 unspecified atom stereocenters. The number of sulfone groups is 1. The summed E-state index contributed by atoms with van der Waals surface area (Å²) in [5, 5.41) is 23.9. The average molecular weight is 603 g/mol. The molecule has 2 aromatic rings. The summed E-state index contributed by atoms with van der Waals surface area (Å²) < 4.78 is 33.9. The number of benzene rings is 2. The molecule has 0 bridgehead atoms. The summed E-state index contributed by atoms with van der Waals surface area (Å²) in [6, 6.07) is 13.3. The van der Waals surface area contributed by atoms with E-state index in [9.17, 15) is 18.3 Å². The number of unbranched alkanes of at least 4 members (excludes halogenated alkanes) is 4. The molecule has 1 heterocycles. The molecule has 8 nitrogen and oxygen atoms in total. The summed E-state index contributed by atoms with van der Waals surface area (Å²) in [6.07, 6.45) is 6.75. The van der Waals surface area contributed by atoms with Gasteiger partial charge < -0.3 is 25.2 Å². The van der Waals surface area contributed by atoms with Crippen LogP contribution >= 0.6 is 0 Å². The molecular weight excluding hydrogens is 552 g/mol. The average Bonchev–Trinajstić information content (AvgIpc) is 3.02. The largest absolute Gasteiger partial charge is 0.494 e. The van der Waals surface area contributed by atoms with E-state index in [1.54, 1.807) is 6.07 Å². The van der Waals surface area contributed by atoms with E-state index in [1.165, 1.54) is 0 Å². The van der Waals surface area contributed by atoms with Gasteiger partial charge in [0.15, 0.2) is 9.84 Å². The number of anilines is 1. The summed E-state index contributed by atoms with van der Waals surface area (Å²) in [7, 11) is 0.233. The van der Waals surface area contributed by atoms with Gasteiger partial charge in [-0.15, -0.1) is 0 Å². The number of rotatable bonds is 17. The fraction of sp³-hybridized carbons (Fsp3) is 0.606. The number of aliphatic hydroxyl groups excluding tert-OH is 1. The number of aliphatic carboxylic acids is 1. The molecule has 0 saturated carbocycles. The highest BCUT2D eigenvalue weighted by Crippen LogP contribution is 2.50. The summed E-state index contributed by atoms with van der Waals surface area (Å²) in [4.78, 5) is 12.9. The number of nitrogens with one attached hydrogen (secondary N) is 1. The number of carboxylic acid groups (broad SMARTS) is 1. The van der Waals surface area contributed by atoms with E-state index in [-0.39, 0.29) is 12.3 Å². The monoisotopic (exact) mass is 602 g/mol. The molecule has 0 aliphatic carbocycles. The van der Waals surface area contributed by atoms with E-state index in [2.05, 4.69) is 19.2 Å². The Morgan fingerprint density at radius 2 is 1.67 bits per heavy atom. The zero-order valence-corrected chi connectivity index (χ0v) is 26.6. The van der Waals surface area contributed by atoms with Gasteiger partial charge >= 0.3 is 5.97 Å². The van der Waals surface area contributed by atoms with Crippen molar-refractivity contribution in [2.24, 2.45) is 5.41 Å². The molecule has 2 aromatic carbocycles. The lowest BCUT2D eigenvalue weighted by atomic mass is 9.68. The first-order valence-corrected chi connectivity index (χ1v) is 17.1. The lowest BCUT2D eigenvalue weighted by Gasteiger charge is -2.40. The van der Waals surface area contributed by atoms with Crippen molar-refractivity contribution in [2.45, 2.75) is 88.6 Å². The van der Waals surface area contributed by atoms with Crippen LogP contribution in [-0.4, -0.2) is 70.2 Å². The highest BCUT2D eigenvalue weighted by molar-refractivity contribution is 7.91. The van der Waals surface area contributed by atoms with E-state index in [0.717, 1.165) is 61.9 Å². The molecule has 0 saturated heterocycles. The molecule has 0 aromatic heterocycles. The zero-order valence-electron chi connectivity index (χ0n) is 25.8. The molecule has 1 aliphatic rings. The molecule has 1 aliphatic heterocycles. The van der Waals surface area contributed by atoms with Gasteiger partial charge in [-0.3, -0.25) is 4.79 Å². The van der Waals surface area contributed by atoms with Gasteiger partial charge in [-0.25, -0.2) is 8.42 Å². The first kappa shape index (κ1) is 33.9. The number of nitrogens with zero attached hydrogens (tertiary/aromatic N) is 1. The van der Waals surface area contributed by atoms with Crippen LogP contribution in [0.2, 0.25) is 0 Å². The van der Waals surface area contributed by atoms with E-state index in [4.69, 9.17) is 9.84 Å². The van der Waals surface area contributed by atoms with Crippen LogP contribution in [0.25, 0.3) is 0 Å². The smallest absolute Gasteiger partial charge is 0.317 e. The molecule has 3 N–H and O–H groups in total. The highest BCUT2D eigenvalue weighted by atomic mass is 32.2. The standard InChI is InChI=1S/C33H50N2O6S/c1-5-7-18-33(19-8-6-2)24-42(39,40)29-17-14-26(35(3)4)22-28(29)31(32(33)38)25-12-15-27(16-13-25)41-21-11-9-10-20-34-23-30(36)37/h12-17,22,31-32,34,38H,5-11,18-21,23-24H2,1-4H3,(H,36,37)/t31-,32-/m1/s1. The second kappa shape index (κ2) is 15.7. The van der Waals surface area contributed by atoms with Gasteiger partial charge in [0.1, 0.15) is 5.75 Å². The van der Waals surface area contributed by atoms with E-state index >= 15 is 0 Å². The van der Waals surface area contributed by atoms with Crippen LogP contribution in [0.1, 0.15) is 88.7 Å². The Bertz CT molecular complexity index is 1240. The van der Waals surface area contributed by atoms with E-state index < -0.39 is 33.2 Å². The molecule has 0 amide bonds. The molecule has 0 spiro atoms. The minimum Gasteiger partial charge on any atom is -0.494 e. The fourth-order valence-electron chi connectivity index (χ4n) is 6.08. The Hall–Kier alpha value is -2.62. The van der Waals surface area contributed by atoms with Gasteiger partial charge in [-0.1, -0.05) is 51.7 Å². The second-order valence-corrected chi connectivity index (χ2v) is 13.9. The van der Waals surface area contributed by atoms with Crippen LogP contribution in [0.5, 0.6) is 5.75 Å². The summed E-state index contributed by atoms with van der Waals surface area (Å²) >= 11 is 0. The van der Waals surface area contributed by atoms with E-state index in [0.29, 0.717) is 36.5 Å². The van der Waals surface area contributed by atoms with E-state index in [1.807, 2.05) is 55.4 Å². The van der Waals surface area contributed by atoms with Crippen molar-refractivity contribution in [1.82, 2.24) is 5.32 Å². The topological polar surface area (TPSA) is 116 Å². The predicted molar refractivity (Wildman–Crippen MR) is 168 cm³/mol. The Morgan fingerprint density at radius 1 is 1.00 bits per heavy atom. The normalized spacial score (nSPS) is 19.1. The number of fused-ring (bicyclic) bond motifs is 1. The lowest BCUT2D eigenvalue weighted by Crippen LogP contribution is -2.43. The molecule has 0 fully saturated rings. The van der Waals surface area contributed by atoms with Crippen LogP contribution in [0.3, 0.4) is 0 Å². The Morgan fingerprint density at radius 3 is 2.26 bits per heavy atom. The number of aliphatic hydroxyl groups is 1. The quantitative estimate of drug-likeness (QED) is 0.200. The fourth-order valence-corrected chi connectivity index (χ4v) is 8.27. The molecule has 42 heavy (non-hydrogen) atoms. The highest BCUT2D eigenvalue weighted by Gasteiger charge is 2.49. The van der Waals surface area contributed by atoms with Crippen LogP contribution < -0.4 is 15.0 Å². The molecule has 234 valence electrons. The Balaban J connectivity index is 1.90. The summed E-state index contributed by atoms with van der Waals surface area (Å²) in [6.45, 7) is 5.40. The van der Waals surface area contributed by atoms with Crippen LogP contribution in [-0.2, 0) is 14.6 Å². The molecular formula is C33H50N2O6S. The number of hydrogen-bond donors (Lipinski definition) is 3. The van der Waals surface area contributed by atoms with Gasteiger partial charge in [0.05, 0.1) is 29.9 Å². The number of ether oxygens (including phenoxy) is 1. The van der Waals surface area contributed by atoms with Crippen molar-refractivity contribution < 1.29 is 28.2 Å². The predicted octanol–water partition coefficient (Wildman–Crippen LogP) is 5.62. The maximum atomic E-state index is 14.0. The minimum absolute atomic E-state index is 0.0241. The Labute approximate surface area is 252 Å². The first-order chi connectivity index (χ1) is 20.0. The van der Waals surface area contributed by atoms with Crippen LogP contribution in [0.15, 0.2) is 47.4 Å². The third-order valence-corrected chi connectivity index (χ3v) is 10.4. The zero-order chi connectivity index (χ0) is 30.8. The maximum Gasteiger partial charge on any atom is 0.317 e. The number of hydrogen-bond acceptors (Lipinski definition) is 7. The first-order valence-electron chi connectivity index (χ1n) is 15.4. The third kappa shape index (κ3) is 8.71. The van der Waals surface area contributed by atoms with Gasteiger partial charge in [-0.2, -0.15) is 0 Å².